The van der Waals surface area contributed by atoms with Gasteiger partial charge in [-0.15, -0.1) is 0 Å². The van der Waals surface area contributed by atoms with E-state index in [1.165, 1.54) is 44.3 Å². The summed E-state index contributed by atoms with van der Waals surface area (Å²) in [6.07, 6.45) is 9.24. The van der Waals surface area contributed by atoms with Gasteiger partial charge in [0.15, 0.2) is 0 Å². The zero-order valence-electron chi connectivity index (χ0n) is 10.9. The Hall–Kier alpha value is 0.350. The third-order valence-electron chi connectivity index (χ3n) is 3.09. The molecule has 0 bridgehead atoms. The predicted molar refractivity (Wildman–Crippen MR) is 74.4 cm³/mol. The molecule has 91 valence electrons. The molecule has 1 heteroatoms. The molecule has 0 aliphatic rings. The zero-order valence-corrected chi connectivity index (χ0v) is 11.7. The molecule has 0 heterocycles. The average Bonchev–Trinajstić information content (AvgIpc) is 2.27. The van der Waals surface area contributed by atoms with Crippen molar-refractivity contribution in [2.45, 2.75) is 71.0 Å². The van der Waals surface area contributed by atoms with Crippen molar-refractivity contribution in [3.8, 4) is 0 Å². The molecule has 0 aromatic heterocycles. The second-order valence-corrected chi connectivity index (χ2v) is 5.76. The molecule has 0 rings (SSSR count). The largest absolute Gasteiger partial charge is 0.158 e. The summed E-state index contributed by atoms with van der Waals surface area (Å²) < 4.78 is 0. The standard InChI is InChI=1S/C14H29S/c1-5-9-11-13(7-3)12-15-14(8-4)10-6-2/h13-14H,2,5-12H2,1,3-4H3. The Kier molecular flexibility index (Phi) is 11.1. The van der Waals surface area contributed by atoms with Crippen molar-refractivity contribution >= 4 is 11.8 Å². The van der Waals surface area contributed by atoms with Crippen LogP contribution in [-0.4, -0.2) is 11.0 Å². The van der Waals surface area contributed by atoms with Crippen LogP contribution in [0.5, 0.6) is 0 Å². The second kappa shape index (κ2) is 10.9. The van der Waals surface area contributed by atoms with Crippen molar-refractivity contribution in [3.05, 3.63) is 6.92 Å². The average molecular weight is 229 g/mol. The Morgan fingerprint density at radius 2 is 1.80 bits per heavy atom. The van der Waals surface area contributed by atoms with Crippen LogP contribution in [0.2, 0.25) is 0 Å². The number of unbranched alkanes of at least 4 members (excludes halogenated alkanes) is 1. The first kappa shape index (κ1) is 15.3. The lowest BCUT2D eigenvalue weighted by Crippen LogP contribution is -2.08. The summed E-state index contributed by atoms with van der Waals surface area (Å²) in [5, 5.41) is 0.859. The van der Waals surface area contributed by atoms with Crippen LogP contribution in [0.3, 0.4) is 0 Å². The number of thioether (sulfide) groups is 1. The molecule has 2 atom stereocenters. The molecular weight excluding hydrogens is 200 g/mol. The molecule has 0 aliphatic carbocycles. The Morgan fingerprint density at radius 1 is 1.07 bits per heavy atom. The molecule has 2 unspecified atom stereocenters. The molecule has 15 heavy (non-hydrogen) atoms. The van der Waals surface area contributed by atoms with Gasteiger partial charge in [0.1, 0.15) is 0 Å². The maximum Gasteiger partial charge on any atom is 0.00445 e. The SMILES string of the molecule is [CH2]CCC(CC)SCC(CC)CCCC. The molecule has 0 aliphatic heterocycles. The molecular formula is C14H29S. The van der Waals surface area contributed by atoms with Crippen molar-refractivity contribution in [1.29, 1.82) is 0 Å². The van der Waals surface area contributed by atoms with Crippen LogP contribution in [0.4, 0.5) is 0 Å². The third kappa shape index (κ3) is 8.19. The van der Waals surface area contributed by atoms with E-state index in [1.807, 2.05) is 0 Å². The Balaban J connectivity index is 3.66. The van der Waals surface area contributed by atoms with E-state index in [1.54, 1.807) is 0 Å². The van der Waals surface area contributed by atoms with Crippen molar-refractivity contribution in [2.75, 3.05) is 5.75 Å². The smallest absolute Gasteiger partial charge is 0.00445 e. The summed E-state index contributed by atoms with van der Waals surface area (Å²) in [7, 11) is 0. The van der Waals surface area contributed by atoms with Crippen molar-refractivity contribution in [2.24, 2.45) is 5.92 Å². The fraction of sp³-hybridized carbons (Fsp3) is 0.929. The Bertz CT molecular complexity index is 123. The van der Waals surface area contributed by atoms with E-state index < -0.39 is 0 Å². The van der Waals surface area contributed by atoms with Crippen molar-refractivity contribution in [1.82, 2.24) is 0 Å². The highest BCUT2D eigenvalue weighted by Gasteiger charge is 2.10. The first-order valence-electron chi connectivity index (χ1n) is 6.69. The number of hydrogen-bond donors (Lipinski definition) is 0. The van der Waals surface area contributed by atoms with Crippen LogP contribution in [0, 0.1) is 12.8 Å². The summed E-state index contributed by atoms with van der Waals surface area (Å²) in [5.74, 6) is 2.32. The van der Waals surface area contributed by atoms with Crippen LogP contribution in [-0.2, 0) is 0 Å². The van der Waals surface area contributed by atoms with E-state index in [2.05, 4.69) is 39.5 Å². The van der Waals surface area contributed by atoms with Gasteiger partial charge in [-0.05, 0) is 30.9 Å². The first-order chi connectivity index (χ1) is 7.28. The molecule has 0 N–H and O–H groups in total. The van der Waals surface area contributed by atoms with Gasteiger partial charge in [0.2, 0.25) is 0 Å². The fourth-order valence-electron chi connectivity index (χ4n) is 1.80. The van der Waals surface area contributed by atoms with Crippen LogP contribution in [0.15, 0.2) is 0 Å². The van der Waals surface area contributed by atoms with Crippen LogP contribution in [0.1, 0.15) is 65.7 Å². The summed E-state index contributed by atoms with van der Waals surface area (Å²) >= 11 is 2.19. The minimum Gasteiger partial charge on any atom is -0.158 e. The van der Waals surface area contributed by atoms with E-state index >= 15 is 0 Å². The van der Waals surface area contributed by atoms with Gasteiger partial charge in [0.05, 0.1) is 0 Å². The summed E-state index contributed by atoms with van der Waals surface area (Å²) in [6, 6.07) is 0. The highest BCUT2D eigenvalue weighted by atomic mass is 32.2. The first-order valence-corrected chi connectivity index (χ1v) is 7.74. The van der Waals surface area contributed by atoms with Crippen LogP contribution >= 0.6 is 11.8 Å². The van der Waals surface area contributed by atoms with E-state index in [4.69, 9.17) is 0 Å². The van der Waals surface area contributed by atoms with E-state index in [-0.39, 0.29) is 0 Å². The molecule has 0 saturated heterocycles. The highest BCUT2D eigenvalue weighted by molar-refractivity contribution is 7.99. The van der Waals surface area contributed by atoms with Gasteiger partial charge in [-0.3, -0.25) is 0 Å². The molecule has 0 spiro atoms. The lowest BCUT2D eigenvalue weighted by atomic mass is 10.0. The second-order valence-electron chi connectivity index (χ2n) is 4.42. The Labute approximate surface area is 102 Å². The van der Waals surface area contributed by atoms with E-state index in [0.717, 1.165) is 17.6 Å². The minimum atomic E-state index is 0.859. The molecule has 0 aromatic rings. The van der Waals surface area contributed by atoms with E-state index in [0.29, 0.717) is 0 Å². The minimum absolute atomic E-state index is 0.859. The van der Waals surface area contributed by atoms with Crippen LogP contribution < -0.4 is 0 Å². The van der Waals surface area contributed by atoms with Crippen LogP contribution in [0.25, 0.3) is 0 Å². The summed E-state index contributed by atoms with van der Waals surface area (Å²) in [6.45, 7) is 10.9. The van der Waals surface area contributed by atoms with Gasteiger partial charge in [0, 0.05) is 5.25 Å². The maximum atomic E-state index is 3.96. The van der Waals surface area contributed by atoms with Gasteiger partial charge in [-0.2, -0.15) is 11.8 Å². The van der Waals surface area contributed by atoms with Crippen molar-refractivity contribution in [3.63, 3.8) is 0 Å². The molecule has 1 radical (unpaired) electrons. The summed E-state index contributed by atoms with van der Waals surface area (Å²) in [5.41, 5.74) is 0. The quantitative estimate of drug-likeness (QED) is 0.488. The van der Waals surface area contributed by atoms with Gasteiger partial charge >= 0.3 is 0 Å². The van der Waals surface area contributed by atoms with E-state index in [9.17, 15) is 0 Å². The molecule has 0 saturated carbocycles. The fourth-order valence-corrected chi connectivity index (χ4v) is 3.32. The zero-order chi connectivity index (χ0) is 11.5. The molecule has 0 aromatic carbocycles. The van der Waals surface area contributed by atoms with Gasteiger partial charge in [-0.1, -0.05) is 53.4 Å². The lowest BCUT2D eigenvalue weighted by Gasteiger charge is -2.18. The number of rotatable bonds is 10. The normalized spacial score (nSPS) is 15.2. The monoisotopic (exact) mass is 229 g/mol. The van der Waals surface area contributed by atoms with Gasteiger partial charge in [0.25, 0.3) is 0 Å². The van der Waals surface area contributed by atoms with Gasteiger partial charge in [-0.25, -0.2) is 0 Å². The lowest BCUT2D eigenvalue weighted by molar-refractivity contribution is 0.498. The molecule has 0 nitrogen and oxygen atoms in total. The molecule has 0 fully saturated rings. The Morgan fingerprint density at radius 3 is 2.27 bits per heavy atom. The predicted octanol–water partition coefficient (Wildman–Crippen LogP) is 5.33. The van der Waals surface area contributed by atoms with Crippen molar-refractivity contribution < 1.29 is 0 Å². The maximum absolute atomic E-state index is 3.96. The van der Waals surface area contributed by atoms with Gasteiger partial charge < -0.3 is 0 Å². The highest BCUT2D eigenvalue weighted by Crippen LogP contribution is 2.25. The summed E-state index contributed by atoms with van der Waals surface area (Å²) in [4.78, 5) is 0. The number of hydrogen-bond acceptors (Lipinski definition) is 1. The topological polar surface area (TPSA) is 0 Å². The third-order valence-corrected chi connectivity index (χ3v) is 4.80. The molecule has 0 amide bonds.